The van der Waals surface area contributed by atoms with E-state index < -0.39 is 0 Å². The number of hydrogen-bond acceptors (Lipinski definition) is 2. The molecule has 1 saturated carbocycles. The van der Waals surface area contributed by atoms with Crippen LogP contribution in [0, 0.1) is 5.92 Å². The topological polar surface area (TPSA) is 29.5 Å². The van der Waals surface area contributed by atoms with Crippen LogP contribution in [0.25, 0.3) is 0 Å². The van der Waals surface area contributed by atoms with Gasteiger partial charge >= 0.3 is 0 Å². The highest BCUT2D eigenvalue weighted by molar-refractivity contribution is 5.79. The van der Waals surface area contributed by atoms with Crippen molar-refractivity contribution in [3.05, 3.63) is 0 Å². The number of carbonyl (C=O) groups is 1. The zero-order valence-electron chi connectivity index (χ0n) is 9.37. The Balaban J connectivity index is 1.90. The standard InChI is InChI=1S/C12H19NO2/c1-12-7-6-11(14)13(12)10-5-3-2-4-9(10)8-15-12/h9-10H,2-8H2,1H3/t9-,10+,12+/m0/s1. The van der Waals surface area contributed by atoms with E-state index in [-0.39, 0.29) is 5.72 Å². The van der Waals surface area contributed by atoms with Crippen LogP contribution in [0.5, 0.6) is 0 Å². The van der Waals surface area contributed by atoms with Gasteiger partial charge in [0.15, 0.2) is 0 Å². The fourth-order valence-corrected chi connectivity index (χ4v) is 3.53. The normalized spacial score (nSPS) is 45.1. The van der Waals surface area contributed by atoms with E-state index in [4.69, 9.17) is 4.74 Å². The molecule has 84 valence electrons. The van der Waals surface area contributed by atoms with Crippen LogP contribution in [0.15, 0.2) is 0 Å². The maximum Gasteiger partial charge on any atom is 0.225 e. The SMILES string of the molecule is C[C@@]12CCC(=O)N1[C@@H]1CCCC[C@H]1CO2. The Bertz CT molecular complexity index is 291. The average molecular weight is 209 g/mol. The summed E-state index contributed by atoms with van der Waals surface area (Å²) in [7, 11) is 0. The summed E-state index contributed by atoms with van der Waals surface area (Å²) in [4.78, 5) is 14.0. The fourth-order valence-electron chi connectivity index (χ4n) is 3.53. The molecule has 1 aliphatic carbocycles. The van der Waals surface area contributed by atoms with Gasteiger partial charge in [0.1, 0.15) is 5.72 Å². The Hall–Kier alpha value is -0.570. The number of fused-ring (bicyclic) bond motifs is 3. The molecule has 0 radical (unpaired) electrons. The van der Waals surface area contributed by atoms with E-state index in [0.29, 0.717) is 24.3 Å². The minimum atomic E-state index is -0.268. The van der Waals surface area contributed by atoms with Crippen LogP contribution < -0.4 is 0 Å². The predicted molar refractivity (Wildman–Crippen MR) is 56.2 cm³/mol. The molecular formula is C12H19NO2. The third kappa shape index (κ3) is 1.32. The summed E-state index contributed by atoms with van der Waals surface area (Å²) in [6.07, 6.45) is 6.58. The summed E-state index contributed by atoms with van der Waals surface area (Å²) in [6, 6.07) is 0.479. The molecule has 3 atom stereocenters. The minimum absolute atomic E-state index is 0.268. The van der Waals surface area contributed by atoms with Gasteiger partial charge in [-0.15, -0.1) is 0 Å². The van der Waals surface area contributed by atoms with Crippen molar-refractivity contribution in [1.82, 2.24) is 4.90 Å². The lowest BCUT2D eigenvalue weighted by Crippen LogP contribution is -2.59. The number of ether oxygens (including phenoxy) is 1. The smallest absolute Gasteiger partial charge is 0.225 e. The number of carbonyl (C=O) groups excluding carboxylic acids is 1. The summed E-state index contributed by atoms with van der Waals surface area (Å²) in [5.74, 6) is 0.919. The molecule has 0 spiro atoms. The number of amides is 1. The Morgan fingerprint density at radius 1 is 1.40 bits per heavy atom. The van der Waals surface area contributed by atoms with Gasteiger partial charge in [-0.2, -0.15) is 0 Å². The van der Waals surface area contributed by atoms with Gasteiger partial charge in [-0.3, -0.25) is 4.79 Å². The van der Waals surface area contributed by atoms with E-state index in [1.807, 2.05) is 0 Å². The number of nitrogens with zero attached hydrogens (tertiary/aromatic N) is 1. The average Bonchev–Trinajstić information content (AvgIpc) is 2.56. The molecule has 3 heteroatoms. The molecule has 0 aromatic heterocycles. The van der Waals surface area contributed by atoms with Crippen molar-refractivity contribution < 1.29 is 9.53 Å². The summed E-state index contributed by atoms with van der Waals surface area (Å²) in [5, 5.41) is 0. The highest BCUT2D eigenvalue weighted by atomic mass is 16.5. The maximum atomic E-state index is 11.9. The quantitative estimate of drug-likeness (QED) is 0.610. The molecule has 2 saturated heterocycles. The lowest BCUT2D eigenvalue weighted by Gasteiger charge is -2.50. The van der Waals surface area contributed by atoms with Crippen molar-refractivity contribution in [2.24, 2.45) is 5.92 Å². The van der Waals surface area contributed by atoms with E-state index in [1.165, 1.54) is 25.7 Å². The monoisotopic (exact) mass is 209 g/mol. The van der Waals surface area contributed by atoms with Crippen molar-refractivity contribution in [2.45, 2.75) is 57.2 Å². The van der Waals surface area contributed by atoms with Crippen LogP contribution in [0.2, 0.25) is 0 Å². The first-order valence-electron chi connectivity index (χ1n) is 6.17. The van der Waals surface area contributed by atoms with Crippen molar-refractivity contribution in [3.63, 3.8) is 0 Å². The first-order chi connectivity index (χ1) is 7.21. The largest absolute Gasteiger partial charge is 0.355 e. The molecule has 0 bridgehead atoms. The van der Waals surface area contributed by atoms with Gasteiger partial charge < -0.3 is 9.64 Å². The molecule has 3 fully saturated rings. The van der Waals surface area contributed by atoms with E-state index >= 15 is 0 Å². The number of rotatable bonds is 0. The van der Waals surface area contributed by atoms with Gasteiger partial charge in [0.05, 0.1) is 6.61 Å². The molecule has 3 rings (SSSR count). The van der Waals surface area contributed by atoms with E-state index in [0.717, 1.165) is 13.0 Å². The fraction of sp³-hybridized carbons (Fsp3) is 0.917. The predicted octanol–water partition coefficient (Wildman–Crippen LogP) is 1.91. The zero-order chi connectivity index (χ0) is 10.5. The lowest BCUT2D eigenvalue weighted by atomic mass is 9.82. The molecule has 15 heavy (non-hydrogen) atoms. The van der Waals surface area contributed by atoms with Gasteiger partial charge in [0, 0.05) is 24.8 Å². The summed E-state index contributed by atoms with van der Waals surface area (Å²) in [6.45, 7) is 2.95. The number of hydrogen-bond donors (Lipinski definition) is 0. The van der Waals surface area contributed by atoms with Crippen LogP contribution in [-0.2, 0) is 9.53 Å². The molecule has 0 aromatic carbocycles. The first kappa shape index (κ1) is 9.64. The van der Waals surface area contributed by atoms with Gasteiger partial charge in [-0.1, -0.05) is 12.8 Å². The van der Waals surface area contributed by atoms with Crippen molar-refractivity contribution in [1.29, 1.82) is 0 Å². The highest BCUT2D eigenvalue weighted by Gasteiger charge is 2.51. The second-order valence-electron chi connectivity index (χ2n) is 5.36. The van der Waals surface area contributed by atoms with Crippen LogP contribution >= 0.6 is 0 Å². The second kappa shape index (κ2) is 3.21. The van der Waals surface area contributed by atoms with E-state index in [1.54, 1.807) is 0 Å². The third-order valence-electron chi connectivity index (χ3n) is 4.39. The molecule has 0 N–H and O–H groups in total. The molecule has 0 aromatic rings. The Morgan fingerprint density at radius 3 is 3.07 bits per heavy atom. The molecule has 0 unspecified atom stereocenters. The maximum absolute atomic E-state index is 11.9. The zero-order valence-corrected chi connectivity index (χ0v) is 9.37. The third-order valence-corrected chi connectivity index (χ3v) is 4.39. The minimum Gasteiger partial charge on any atom is -0.355 e. The molecular weight excluding hydrogens is 190 g/mol. The molecule has 3 nitrogen and oxygen atoms in total. The van der Waals surface area contributed by atoms with Gasteiger partial charge in [-0.05, 0) is 19.8 Å². The van der Waals surface area contributed by atoms with Crippen molar-refractivity contribution >= 4 is 5.91 Å². The summed E-state index contributed by atoms with van der Waals surface area (Å²) < 4.78 is 5.93. The molecule has 3 aliphatic rings. The van der Waals surface area contributed by atoms with Crippen LogP contribution in [-0.4, -0.2) is 29.2 Å². The van der Waals surface area contributed by atoms with Gasteiger partial charge in [0.2, 0.25) is 5.91 Å². The molecule has 1 amide bonds. The Morgan fingerprint density at radius 2 is 2.20 bits per heavy atom. The van der Waals surface area contributed by atoms with Gasteiger partial charge in [0.25, 0.3) is 0 Å². The van der Waals surface area contributed by atoms with Crippen LogP contribution in [0.4, 0.5) is 0 Å². The van der Waals surface area contributed by atoms with Crippen molar-refractivity contribution in [3.8, 4) is 0 Å². The Kier molecular flexibility index (Phi) is 2.06. The highest BCUT2D eigenvalue weighted by Crippen LogP contribution is 2.43. The van der Waals surface area contributed by atoms with E-state index in [2.05, 4.69) is 11.8 Å². The molecule has 2 aliphatic heterocycles. The van der Waals surface area contributed by atoms with E-state index in [9.17, 15) is 4.79 Å². The van der Waals surface area contributed by atoms with Crippen LogP contribution in [0.1, 0.15) is 45.4 Å². The van der Waals surface area contributed by atoms with Crippen molar-refractivity contribution in [2.75, 3.05) is 6.61 Å². The molecule has 2 heterocycles. The lowest BCUT2D eigenvalue weighted by molar-refractivity contribution is -0.207. The second-order valence-corrected chi connectivity index (χ2v) is 5.36. The Labute approximate surface area is 90.8 Å². The van der Waals surface area contributed by atoms with Gasteiger partial charge in [-0.25, -0.2) is 0 Å². The summed E-state index contributed by atoms with van der Waals surface area (Å²) >= 11 is 0. The van der Waals surface area contributed by atoms with Crippen LogP contribution in [0.3, 0.4) is 0 Å². The summed E-state index contributed by atoms with van der Waals surface area (Å²) in [5.41, 5.74) is -0.268. The first-order valence-corrected chi connectivity index (χ1v) is 6.17.